The molecule has 1 N–H and O–H groups in total. The van der Waals surface area contributed by atoms with E-state index in [-0.39, 0.29) is 6.10 Å². The first kappa shape index (κ1) is 21.0. The normalized spacial score (nSPS) is 16.4. The lowest BCUT2D eigenvalue weighted by Crippen LogP contribution is -2.49. The Balaban J connectivity index is 1.74. The standard InChI is InChI=1S/C22H31ClN4O/c1-4-5-20(28)15-26-10-12-27(13-11-26)22-21(16(2)24-17(3)25-22)14-18-6-8-19(23)9-7-18/h6-9,20,28H,4-5,10-15H2,1-3H3. The third-order valence-corrected chi connectivity index (χ3v) is 5.61. The van der Waals surface area contributed by atoms with Crippen molar-refractivity contribution < 1.29 is 5.11 Å². The largest absolute Gasteiger partial charge is 0.392 e. The molecule has 1 aromatic carbocycles. The summed E-state index contributed by atoms with van der Waals surface area (Å²) >= 11 is 6.03. The van der Waals surface area contributed by atoms with E-state index < -0.39 is 0 Å². The number of aliphatic hydroxyl groups excluding tert-OH is 1. The maximum atomic E-state index is 10.1. The van der Waals surface area contributed by atoms with Crippen LogP contribution in [0.3, 0.4) is 0 Å². The van der Waals surface area contributed by atoms with E-state index in [4.69, 9.17) is 16.6 Å². The summed E-state index contributed by atoms with van der Waals surface area (Å²) < 4.78 is 0. The van der Waals surface area contributed by atoms with Crippen molar-refractivity contribution >= 4 is 17.4 Å². The first-order valence-electron chi connectivity index (χ1n) is 10.2. The fourth-order valence-electron chi connectivity index (χ4n) is 3.86. The van der Waals surface area contributed by atoms with E-state index in [1.807, 2.05) is 19.1 Å². The number of β-amino-alcohol motifs (C(OH)–C–C–N with tert-alkyl or cyclic N) is 1. The maximum absolute atomic E-state index is 10.1. The zero-order valence-corrected chi connectivity index (χ0v) is 17.9. The molecule has 1 atom stereocenters. The third kappa shape index (κ3) is 5.43. The summed E-state index contributed by atoms with van der Waals surface area (Å²) in [6, 6.07) is 8.00. The molecule has 1 aliphatic heterocycles. The fraction of sp³-hybridized carbons (Fsp3) is 0.545. The molecule has 6 heteroatoms. The van der Waals surface area contributed by atoms with Crippen LogP contribution in [0.5, 0.6) is 0 Å². The predicted octanol–water partition coefficient (Wildman–Crippen LogP) is 3.62. The second kappa shape index (κ2) is 9.68. The van der Waals surface area contributed by atoms with Crippen molar-refractivity contribution in [1.82, 2.24) is 14.9 Å². The highest BCUT2D eigenvalue weighted by molar-refractivity contribution is 6.30. The summed E-state index contributed by atoms with van der Waals surface area (Å²) in [6.07, 6.45) is 2.47. The van der Waals surface area contributed by atoms with Crippen LogP contribution in [-0.4, -0.2) is 58.8 Å². The first-order valence-corrected chi connectivity index (χ1v) is 10.6. The Morgan fingerprint density at radius 3 is 2.39 bits per heavy atom. The van der Waals surface area contributed by atoms with Crippen molar-refractivity contribution in [3.8, 4) is 0 Å². The van der Waals surface area contributed by atoms with Gasteiger partial charge in [-0.25, -0.2) is 9.97 Å². The number of aromatic nitrogens is 2. The minimum Gasteiger partial charge on any atom is -0.392 e. The molecule has 1 unspecified atom stereocenters. The Bertz CT molecular complexity index is 773. The van der Waals surface area contributed by atoms with Gasteiger partial charge in [0, 0.05) is 55.4 Å². The minimum absolute atomic E-state index is 0.222. The number of benzene rings is 1. The van der Waals surface area contributed by atoms with Crippen LogP contribution >= 0.6 is 11.6 Å². The zero-order valence-electron chi connectivity index (χ0n) is 17.2. The molecule has 2 aromatic rings. The monoisotopic (exact) mass is 402 g/mol. The average molecular weight is 403 g/mol. The highest BCUT2D eigenvalue weighted by Crippen LogP contribution is 2.25. The molecule has 0 saturated carbocycles. The SMILES string of the molecule is CCCC(O)CN1CCN(c2nc(C)nc(C)c2Cc2ccc(Cl)cc2)CC1. The zero-order chi connectivity index (χ0) is 20.1. The molecule has 0 bridgehead atoms. The van der Waals surface area contributed by atoms with Crippen LogP contribution in [0.2, 0.25) is 5.02 Å². The molecular weight excluding hydrogens is 372 g/mol. The van der Waals surface area contributed by atoms with Crippen molar-refractivity contribution in [3.63, 3.8) is 0 Å². The molecular formula is C22H31ClN4O. The van der Waals surface area contributed by atoms with Gasteiger partial charge < -0.3 is 10.0 Å². The van der Waals surface area contributed by atoms with E-state index >= 15 is 0 Å². The molecule has 0 aliphatic carbocycles. The van der Waals surface area contributed by atoms with Crippen molar-refractivity contribution in [2.75, 3.05) is 37.6 Å². The van der Waals surface area contributed by atoms with Crippen LogP contribution in [0.4, 0.5) is 5.82 Å². The quantitative estimate of drug-likeness (QED) is 0.766. The van der Waals surface area contributed by atoms with Gasteiger partial charge in [0.25, 0.3) is 0 Å². The predicted molar refractivity (Wildman–Crippen MR) is 115 cm³/mol. The molecule has 0 radical (unpaired) electrons. The number of anilines is 1. The number of nitrogens with zero attached hydrogens (tertiary/aromatic N) is 4. The van der Waals surface area contributed by atoms with Gasteiger partial charge in [0.05, 0.1) is 6.10 Å². The third-order valence-electron chi connectivity index (χ3n) is 5.36. The molecule has 152 valence electrons. The van der Waals surface area contributed by atoms with Crippen LogP contribution in [0.25, 0.3) is 0 Å². The van der Waals surface area contributed by atoms with Crippen LogP contribution < -0.4 is 4.90 Å². The summed E-state index contributed by atoms with van der Waals surface area (Å²) in [5.41, 5.74) is 3.44. The number of aliphatic hydroxyl groups is 1. The van der Waals surface area contributed by atoms with Gasteiger partial charge in [0.15, 0.2) is 0 Å². The Morgan fingerprint density at radius 1 is 1.07 bits per heavy atom. The highest BCUT2D eigenvalue weighted by Gasteiger charge is 2.23. The van der Waals surface area contributed by atoms with E-state index in [9.17, 15) is 5.11 Å². The van der Waals surface area contributed by atoms with Gasteiger partial charge in [-0.15, -0.1) is 0 Å². The van der Waals surface area contributed by atoms with Crippen LogP contribution in [-0.2, 0) is 6.42 Å². The number of aryl methyl sites for hydroxylation is 2. The van der Waals surface area contributed by atoms with Gasteiger partial charge in [0.2, 0.25) is 0 Å². The molecule has 0 spiro atoms. The first-order chi connectivity index (χ1) is 13.5. The summed E-state index contributed by atoms with van der Waals surface area (Å²) in [5.74, 6) is 1.86. The molecule has 1 aromatic heterocycles. The number of piperazine rings is 1. The molecule has 0 amide bonds. The lowest BCUT2D eigenvalue weighted by Gasteiger charge is -2.37. The molecule has 2 heterocycles. The number of halogens is 1. The molecule has 1 fully saturated rings. The van der Waals surface area contributed by atoms with E-state index in [1.165, 1.54) is 11.1 Å². The Labute approximate surface area is 173 Å². The van der Waals surface area contributed by atoms with Gasteiger partial charge in [-0.3, -0.25) is 4.90 Å². The summed E-state index contributed by atoms with van der Waals surface area (Å²) in [5, 5.41) is 10.9. The van der Waals surface area contributed by atoms with Crippen molar-refractivity contribution in [2.45, 2.75) is 46.1 Å². The average Bonchev–Trinajstić information content (AvgIpc) is 2.66. The maximum Gasteiger partial charge on any atom is 0.136 e. The van der Waals surface area contributed by atoms with E-state index in [0.717, 1.165) is 74.3 Å². The molecule has 28 heavy (non-hydrogen) atoms. The minimum atomic E-state index is -0.222. The number of hydrogen-bond acceptors (Lipinski definition) is 5. The van der Waals surface area contributed by atoms with Crippen LogP contribution in [0.1, 0.15) is 42.4 Å². The van der Waals surface area contributed by atoms with Gasteiger partial charge in [-0.05, 0) is 38.0 Å². The van der Waals surface area contributed by atoms with Gasteiger partial charge in [-0.1, -0.05) is 37.1 Å². The Morgan fingerprint density at radius 2 is 1.75 bits per heavy atom. The topological polar surface area (TPSA) is 52.5 Å². The van der Waals surface area contributed by atoms with Crippen LogP contribution in [0, 0.1) is 13.8 Å². The van der Waals surface area contributed by atoms with Crippen LogP contribution in [0.15, 0.2) is 24.3 Å². The summed E-state index contributed by atoms with van der Waals surface area (Å²) in [7, 11) is 0. The van der Waals surface area contributed by atoms with Gasteiger partial charge >= 0.3 is 0 Å². The molecule has 1 saturated heterocycles. The smallest absolute Gasteiger partial charge is 0.136 e. The number of hydrogen-bond donors (Lipinski definition) is 1. The lowest BCUT2D eigenvalue weighted by molar-refractivity contribution is 0.101. The molecule has 5 nitrogen and oxygen atoms in total. The van der Waals surface area contributed by atoms with Crippen molar-refractivity contribution in [1.29, 1.82) is 0 Å². The van der Waals surface area contributed by atoms with E-state index in [2.05, 4.69) is 40.8 Å². The second-order valence-corrected chi connectivity index (χ2v) is 8.13. The Kier molecular flexibility index (Phi) is 7.27. The number of rotatable bonds is 7. The van der Waals surface area contributed by atoms with Crippen molar-refractivity contribution in [3.05, 3.63) is 51.9 Å². The van der Waals surface area contributed by atoms with Gasteiger partial charge in [-0.2, -0.15) is 0 Å². The second-order valence-electron chi connectivity index (χ2n) is 7.69. The highest BCUT2D eigenvalue weighted by atomic mass is 35.5. The van der Waals surface area contributed by atoms with Gasteiger partial charge in [0.1, 0.15) is 11.6 Å². The molecule has 1 aliphatic rings. The lowest BCUT2D eigenvalue weighted by atomic mass is 10.0. The fourth-order valence-corrected chi connectivity index (χ4v) is 3.98. The van der Waals surface area contributed by atoms with E-state index in [1.54, 1.807) is 0 Å². The summed E-state index contributed by atoms with van der Waals surface area (Å²) in [4.78, 5) is 14.1. The van der Waals surface area contributed by atoms with Crippen molar-refractivity contribution in [2.24, 2.45) is 0 Å². The summed E-state index contributed by atoms with van der Waals surface area (Å²) in [6.45, 7) is 10.6. The van der Waals surface area contributed by atoms with E-state index in [0.29, 0.717) is 0 Å². The molecule has 3 rings (SSSR count). The Hall–Kier alpha value is -1.69.